The zero-order valence-corrected chi connectivity index (χ0v) is 12.7. The molecule has 0 saturated carbocycles. The van der Waals surface area contributed by atoms with Crippen LogP contribution in [0.4, 0.5) is 5.13 Å². The molecule has 1 amide bonds. The third-order valence-electron chi connectivity index (χ3n) is 2.44. The van der Waals surface area contributed by atoms with Gasteiger partial charge in [0, 0.05) is 6.20 Å². The monoisotopic (exact) mass is 305 g/mol. The van der Waals surface area contributed by atoms with E-state index in [1.165, 1.54) is 6.20 Å². The average molecular weight is 305 g/mol. The zero-order valence-electron chi connectivity index (χ0n) is 11.9. The van der Waals surface area contributed by atoms with E-state index in [4.69, 9.17) is 4.74 Å². The minimum Gasteiger partial charge on any atom is -0.459 e. The van der Waals surface area contributed by atoms with Crippen molar-refractivity contribution in [3.05, 3.63) is 40.7 Å². The van der Waals surface area contributed by atoms with Crippen LogP contribution >= 0.6 is 11.3 Å². The molecule has 2 aromatic rings. The molecule has 0 unspecified atom stereocenters. The molecule has 0 aliphatic carbocycles. The van der Waals surface area contributed by atoms with Gasteiger partial charge in [-0.05, 0) is 32.9 Å². The molecule has 1 N–H and O–H groups in total. The molecule has 2 rings (SSSR count). The highest BCUT2D eigenvalue weighted by molar-refractivity contribution is 7.17. The van der Waals surface area contributed by atoms with E-state index in [1.807, 2.05) is 0 Å². The standard InChI is InChI=1S/C14H15N3O3S/c1-8(2)20-13(19)11-9(3)16-14(21-11)17-12(18)10-6-4-5-7-15-10/h4-8H,1-3H3,(H,16,17,18). The maximum Gasteiger partial charge on any atom is 0.350 e. The van der Waals surface area contributed by atoms with Crippen molar-refractivity contribution in [2.45, 2.75) is 26.9 Å². The van der Waals surface area contributed by atoms with Crippen LogP contribution in [0.5, 0.6) is 0 Å². The molecule has 0 radical (unpaired) electrons. The summed E-state index contributed by atoms with van der Waals surface area (Å²) in [6, 6.07) is 5.05. The van der Waals surface area contributed by atoms with Crippen molar-refractivity contribution in [3.63, 3.8) is 0 Å². The largest absolute Gasteiger partial charge is 0.459 e. The van der Waals surface area contributed by atoms with Gasteiger partial charge in [0.15, 0.2) is 5.13 Å². The summed E-state index contributed by atoms with van der Waals surface area (Å²) in [5, 5.41) is 2.97. The molecule has 110 valence electrons. The number of thiazole rings is 1. The molecule has 0 aromatic carbocycles. The van der Waals surface area contributed by atoms with Crippen molar-refractivity contribution in [3.8, 4) is 0 Å². The summed E-state index contributed by atoms with van der Waals surface area (Å²) in [5.74, 6) is -0.800. The highest BCUT2D eigenvalue weighted by Crippen LogP contribution is 2.24. The number of nitrogens with zero attached hydrogens (tertiary/aromatic N) is 2. The van der Waals surface area contributed by atoms with Crippen molar-refractivity contribution in [1.29, 1.82) is 0 Å². The SMILES string of the molecule is Cc1nc(NC(=O)c2ccccn2)sc1C(=O)OC(C)C. The van der Waals surface area contributed by atoms with E-state index in [2.05, 4.69) is 15.3 Å². The number of carbonyl (C=O) groups is 2. The molecule has 2 aromatic heterocycles. The smallest absolute Gasteiger partial charge is 0.350 e. The van der Waals surface area contributed by atoms with Gasteiger partial charge in [-0.25, -0.2) is 9.78 Å². The fraction of sp³-hybridized carbons (Fsp3) is 0.286. The Bertz CT molecular complexity index is 653. The van der Waals surface area contributed by atoms with Gasteiger partial charge < -0.3 is 4.74 Å². The van der Waals surface area contributed by atoms with Crippen molar-refractivity contribution in [1.82, 2.24) is 9.97 Å². The third kappa shape index (κ3) is 3.85. The molecule has 0 bridgehead atoms. The molecule has 0 atom stereocenters. The molecule has 0 aliphatic heterocycles. The molecule has 0 aliphatic rings. The van der Waals surface area contributed by atoms with E-state index in [-0.39, 0.29) is 17.7 Å². The molecule has 0 spiro atoms. The van der Waals surface area contributed by atoms with Crippen LogP contribution in [0.15, 0.2) is 24.4 Å². The first-order chi connectivity index (χ1) is 9.97. The predicted octanol–water partition coefficient (Wildman–Crippen LogP) is 2.66. The lowest BCUT2D eigenvalue weighted by molar-refractivity contribution is 0.0382. The molecular weight excluding hydrogens is 290 g/mol. The predicted molar refractivity (Wildman–Crippen MR) is 79.6 cm³/mol. The average Bonchev–Trinajstić information content (AvgIpc) is 2.80. The number of hydrogen-bond donors (Lipinski definition) is 1. The Hall–Kier alpha value is -2.28. The van der Waals surface area contributed by atoms with Crippen molar-refractivity contribution < 1.29 is 14.3 Å². The number of carbonyl (C=O) groups excluding carboxylic acids is 2. The highest BCUT2D eigenvalue weighted by atomic mass is 32.1. The van der Waals surface area contributed by atoms with E-state index >= 15 is 0 Å². The van der Waals surface area contributed by atoms with Crippen LogP contribution < -0.4 is 5.32 Å². The number of hydrogen-bond acceptors (Lipinski definition) is 6. The van der Waals surface area contributed by atoms with E-state index in [9.17, 15) is 9.59 Å². The fourth-order valence-corrected chi connectivity index (χ4v) is 2.41. The molecule has 0 saturated heterocycles. The van der Waals surface area contributed by atoms with Gasteiger partial charge in [0.25, 0.3) is 5.91 Å². The lowest BCUT2D eigenvalue weighted by atomic mass is 10.3. The Balaban J connectivity index is 2.12. The summed E-state index contributed by atoms with van der Waals surface area (Å²) >= 11 is 1.09. The number of aryl methyl sites for hydroxylation is 1. The van der Waals surface area contributed by atoms with Gasteiger partial charge in [-0.1, -0.05) is 17.4 Å². The third-order valence-corrected chi connectivity index (χ3v) is 3.50. The summed E-state index contributed by atoms with van der Waals surface area (Å²) in [7, 11) is 0. The van der Waals surface area contributed by atoms with E-state index in [1.54, 1.807) is 39.0 Å². The van der Waals surface area contributed by atoms with E-state index in [0.29, 0.717) is 15.7 Å². The normalized spacial score (nSPS) is 10.5. The Morgan fingerprint density at radius 1 is 1.33 bits per heavy atom. The second-order valence-corrected chi connectivity index (χ2v) is 5.56. The summed E-state index contributed by atoms with van der Waals surface area (Å²) in [4.78, 5) is 32.3. The molecule has 21 heavy (non-hydrogen) atoms. The lowest BCUT2D eigenvalue weighted by Gasteiger charge is -2.05. The summed E-state index contributed by atoms with van der Waals surface area (Å²) in [6.07, 6.45) is 1.33. The van der Waals surface area contributed by atoms with Crippen LogP contribution in [0.2, 0.25) is 0 Å². The minimum absolute atomic E-state index is 0.203. The zero-order chi connectivity index (χ0) is 15.4. The minimum atomic E-state index is -0.432. The Morgan fingerprint density at radius 3 is 2.71 bits per heavy atom. The maximum absolute atomic E-state index is 12.0. The van der Waals surface area contributed by atoms with Crippen LogP contribution in [0.3, 0.4) is 0 Å². The van der Waals surface area contributed by atoms with E-state index in [0.717, 1.165) is 11.3 Å². The lowest BCUT2D eigenvalue weighted by Crippen LogP contribution is -2.13. The van der Waals surface area contributed by atoms with Crippen molar-refractivity contribution in [2.75, 3.05) is 5.32 Å². The van der Waals surface area contributed by atoms with Gasteiger partial charge in [-0.15, -0.1) is 0 Å². The first-order valence-electron chi connectivity index (χ1n) is 6.38. The second kappa shape index (κ2) is 6.45. The fourth-order valence-electron chi connectivity index (χ4n) is 1.57. The van der Waals surface area contributed by atoms with Gasteiger partial charge in [0.2, 0.25) is 0 Å². The Kier molecular flexibility index (Phi) is 4.64. The van der Waals surface area contributed by atoms with Crippen LogP contribution in [0.1, 0.15) is 39.7 Å². The quantitative estimate of drug-likeness (QED) is 0.878. The highest BCUT2D eigenvalue weighted by Gasteiger charge is 2.19. The number of rotatable bonds is 4. The van der Waals surface area contributed by atoms with Crippen molar-refractivity contribution in [2.24, 2.45) is 0 Å². The topological polar surface area (TPSA) is 81.2 Å². The van der Waals surface area contributed by atoms with E-state index < -0.39 is 5.97 Å². The molecular formula is C14H15N3O3S. The number of aromatic nitrogens is 2. The summed E-state index contributed by atoms with van der Waals surface area (Å²) in [6.45, 7) is 5.25. The summed E-state index contributed by atoms with van der Waals surface area (Å²) < 4.78 is 5.13. The number of pyridine rings is 1. The number of anilines is 1. The molecule has 0 fully saturated rings. The van der Waals surface area contributed by atoms with Crippen LogP contribution in [0, 0.1) is 6.92 Å². The number of ether oxygens (including phenoxy) is 1. The van der Waals surface area contributed by atoms with Gasteiger partial charge in [-0.2, -0.15) is 0 Å². The maximum atomic E-state index is 12.0. The first kappa shape index (κ1) is 15.1. The molecule has 2 heterocycles. The van der Waals surface area contributed by atoms with Gasteiger partial charge in [0.1, 0.15) is 10.6 Å². The second-order valence-electron chi connectivity index (χ2n) is 4.56. The van der Waals surface area contributed by atoms with Crippen LogP contribution in [-0.4, -0.2) is 27.9 Å². The number of nitrogens with one attached hydrogen (secondary N) is 1. The number of esters is 1. The molecule has 7 heteroatoms. The first-order valence-corrected chi connectivity index (χ1v) is 7.20. The van der Waals surface area contributed by atoms with Gasteiger partial charge in [0.05, 0.1) is 11.8 Å². The Morgan fingerprint density at radius 2 is 2.10 bits per heavy atom. The van der Waals surface area contributed by atoms with Crippen LogP contribution in [0.25, 0.3) is 0 Å². The Labute approximate surface area is 126 Å². The number of amides is 1. The van der Waals surface area contributed by atoms with Gasteiger partial charge >= 0.3 is 5.97 Å². The summed E-state index contributed by atoms with van der Waals surface area (Å²) in [5.41, 5.74) is 0.818. The van der Waals surface area contributed by atoms with Crippen molar-refractivity contribution >= 4 is 28.3 Å². The van der Waals surface area contributed by atoms with Gasteiger partial charge in [-0.3, -0.25) is 15.1 Å². The molecule has 6 nitrogen and oxygen atoms in total. The van der Waals surface area contributed by atoms with Crippen LogP contribution in [-0.2, 0) is 4.74 Å².